The van der Waals surface area contributed by atoms with E-state index in [9.17, 15) is 26.7 Å². The van der Waals surface area contributed by atoms with E-state index in [2.05, 4.69) is 0 Å². The molecule has 0 saturated heterocycles. The zero-order valence-corrected chi connectivity index (χ0v) is 9.53. The summed E-state index contributed by atoms with van der Waals surface area (Å²) in [6, 6.07) is 1.51. The fourth-order valence-corrected chi connectivity index (χ4v) is 1.07. The van der Waals surface area contributed by atoms with Gasteiger partial charge in [-0.2, -0.15) is 13.2 Å². The number of anilines is 1. The summed E-state index contributed by atoms with van der Waals surface area (Å²) in [5.41, 5.74) is -4.16. The third-order valence-electron chi connectivity index (χ3n) is 2.08. The monoisotopic (exact) mass is 267 g/mol. The van der Waals surface area contributed by atoms with Crippen molar-refractivity contribution in [3.8, 4) is 0 Å². The molecule has 7 heteroatoms. The van der Waals surface area contributed by atoms with Crippen LogP contribution >= 0.6 is 0 Å². The molecule has 0 aliphatic rings. The number of hydrogen-bond donors (Lipinski definition) is 1. The maximum Gasteiger partial charge on any atom is 0.416 e. The standard InChI is InChI=1S/C11H10F5NO/c1-10(2,13)9(18)17-8-5-6(11(14,15)16)3-4-7(8)12/h3-5H,1-2H3,(H,17,18). The number of nitrogens with one attached hydrogen (secondary N) is 1. The van der Waals surface area contributed by atoms with E-state index in [1.54, 1.807) is 5.32 Å². The van der Waals surface area contributed by atoms with Crippen LogP contribution in [0.3, 0.4) is 0 Å². The number of benzene rings is 1. The lowest BCUT2D eigenvalue weighted by atomic mass is 10.1. The maximum atomic E-state index is 13.2. The third-order valence-corrected chi connectivity index (χ3v) is 2.08. The first-order valence-electron chi connectivity index (χ1n) is 4.89. The Balaban J connectivity index is 3.06. The molecule has 0 saturated carbocycles. The van der Waals surface area contributed by atoms with Crippen LogP contribution in [0, 0.1) is 5.82 Å². The molecule has 0 heterocycles. The average Bonchev–Trinajstić information content (AvgIpc) is 2.18. The lowest BCUT2D eigenvalue weighted by Gasteiger charge is -2.15. The van der Waals surface area contributed by atoms with Gasteiger partial charge in [-0.1, -0.05) is 0 Å². The minimum atomic E-state index is -4.67. The second-order valence-corrected chi connectivity index (χ2v) is 4.12. The van der Waals surface area contributed by atoms with E-state index in [0.29, 0.717) is 18.2 Å². The van der Waals surface area contributed by atoms with Crippen LogP contribution < -0.4 is 5.32 Å². The lowest BCUT2D eigenvalue weighted by Crippen LogP contribution is -2.32. The first-order valence-corrected chi connectivity index (χ1v) is 4.89. The zero-order valence-electron chi connectivity index (χ0n) is 9.53. The Hall–Kier alpha value is -1.66. The second-order valence-electron chi connectivity index (χ2n) is 4.12. The van der Waals surface area contributed by atoms with E-state index in [1.807, 2.05) is 0 Å². The molecule has 0 aromatic heterocycles. The number of hydrogen-bond acceptors (Lipinski definition) is 1. The summed E-state index contributed by atoms with van der Waals surface area (Å²) in [5.74, 6) is -2.29. The fourth-order valence-electron chi connectivity index (χ4n) is 1.07. The van der Waals surface area contributed by atoms with Crippen molar-refractivity contribution in [1.29, 1.82) is 0 Å². The highest BCUT2D eigenvalue weighted by Gasteiger charge is 2.32. The van der Waals surface area contributed by atoms with Gasteiger partial charge in [-0.15, -0.1) is 0 Å². The van der Waals surface area contributed by atoms with Gasteiger partial charge in [0.05, 0.1) is 11.3 Å². The Labute approximate surface area is 99.8 Å². The molecule has 1 amide bonds. The van der Waals surface area contributed by atoms with Crippen molar-refractivity contribution in [1.82, 2.24) is 0 Å². The normalized spacial score (nSPS) is 12.4. The van der Waals surface area contributed by atoms with Crippen molar-refractivity contribution in [2.45, 2.75) is 25.7 Å². The van der Waals surface area contributed by atoms with Crippen LogP contribution in [0.5, 0.6) is 0 Å². The largest absolute Gasteiger partial charge is 0.416 e. The molecule has 0 aliphatic heterocycles. The smallest absolute Gasteiger partial charge is 0.321 e. The minimum absolute atomic E-state index is 0.416. The minimum Gasteiger partial charge on any atom is -0.321 e. The molecule has 0 fully saturated rings. The number of alkyl halides is 4. The Morgan fingerprint density at radius 3 is 2.17 bits per heavy atom. The van der Waals surface area contributed by atoms with E-state index < -0.39 is 34.8 Å². The number of carbonyl (C=O) groups excluding carboxylic acids is 1. The maximum absolute atomic E-state index is 13.2. The number of halogens is 5. The Kier molecular flexibility index (Phi) is 3.64. The molecule has 0 bridgehead atoms. The summed E-state index contributed by atoms with van der Waals surface area (Å²) in [4.78, 5) is 11.2. The van der Waals surface area contributed by atoms with Crippen LogP contribution in [-0.2, 0) is 11.0 Å². The van der Waals surface area contributed by atoms with E-state index >= 15 is 0 Å². The first kappa shape index (κ1) is 14.4. The van der Waals surface area contributed by atoms with Gasteiger partial charge in [-0.3, -0.25) is 4.79 Å². The highest BCUT2D eigenvalue weighted by atomic mass is 19.4. The van der Waals surface area contributed by atoms with E-state index in [0.717, 1.165) is 13.8 Å². The van der Waals surface area contributed by atoms with Crippen LogP contribution in [0.4, 0.5) is 27.6 Å². The Morgan fingerprint density at radius 2 is 1.72 bits per heavy atom. The van der Waals surface area contributed by atoms with Crippen molar-refractivity contribution in [3.63, 3.8) is 0 Å². The van der Waals surface area contributed by atoms with Gasteiger partial charge in [-0.25, -0.2) is 8.78 Å². The second kappa shape index (κ2) is 4.55. The molecule has 0 atom stereocenters. The third kappa shape index (κ3) is 3.41. The molecule has 0 unspecified atom stereocenters. The Morgan fingerprint density at radius 1 is 1.17 bits per heavy atom. The SMILES string of the molecule is CC(C)(F)C(=O)Nc1cc(C(F)(F)F)ccc1F. The van der Waals surface area contributed by atoms with Gasteiger partial charge in [0, 0.05) is 0 Å². The molecule has 100 valence electrons. The van der Waals surface area contributed by atoms with Gasteiger partial charge in [0.25, 0.3) is 5.91 Å². The van der Waals surface area contributed by atoms with E-state index in [-0.39, 0.29) is 0 Å². The summed E-state index contributed by atoms with van der Waals surface area (Å²) in [6.45, 7) is 1.82. The van der Waals surface area contributed by atoms with Crippen molar-refractivity contribution in [2.24, 2.45) is 0 Å². The van der Waals surface area contributed by atoms with Gasteiger partial charge in [-0.05, 0) is 32.0 Å². The predicted molar refractivity (Wildman–Crippen MR) is 55.2 cm³/mol. The summed E-state index contributed by atoms with van der Waals surface area (Å²) in [7, 11) is 0. The highest BCUT2D eigenvalue weighted by molar-refractivity contribution is 5.96. The van der Waals surface area contributed by atoms with Crippen LogP contribution in [0.25, 0.3) is 0 Å². The van der Waals surface area contributed by atoms with Crippen molar-refractivity contribution in [3.05, 3.63) is 29.6 Å². The van der Waals surface area contributed by atoms with Gasteiger partial charge >= 0.3 is 6.18 Å². The molecule has 1 aromatic rings. The fraction of sp³-hybridized carbons (Fsp3) is 0.364. The molecule has 2 nitrogen and oxygen atoms in total. The first-order chi connectivity index (χ1) is 8.01. The van der Waals surface area contributed by atoms with Crippen molar-refractivity contribution >= 4 is 11.6 Å². The van der Waals surface area contributed by atoms with Crippen LogP contribution in [-0.4, -0.2) is 11.6 Å². The quantitative estimate of drug-likeness (QED) is 0.816. The molecule has 1 aromatic carbocycles. The number of carbonyl (C=O) groups is 1. The molecule has 0 radical (unpaired) electrons. The van der Waals surface area contributed by atoms with E-state index in [1.165, 1.54) is 0 Å². The zero-order chi connectivity index (χ0) is 14.1. The van der Waals surface area contributed by atoms with Gasteiger partial charge in [0.15, 0.2) is 5.67 Å². The molecule has 1 rings (SSSR count). The molecule has 0 spiro atoms. The molecule has 1 N–H and O–H groups in total. The van der Waals surface area contributed by atoms with Crippen LogP contribution in [0.2, 0.25) is 0 Å². The number of amides is 1. The summed E-state index contributed by atoms with van der Waals surface area (Å²) >= 11 is 0. The topological polar surface area (TPSA) is 29.1 Å². The van der Waals surface area contributed by atoms with Crippen molar-refractivity contribution < 1.29 is 26.7 Å². The van der Waals surface area contributed by atoms with Crippen molar-refractivity contribution in [2.75, 3.05) is 5.32 Å². The van der Waals surface area contributed by atoms with Gasteiger partial charge in [0.2, 0.25) is 0 Å². The predicted octanol–water partition coefficient (Wildman–Crippen LogP) is 3.53. The summed E-state index contributed by atoms with van der Waals surface area (Å²) in [6.07, 6.45) is -4.67. The molecule has 0 aliphatic carbocycles. The highest BCUT2D eigenvalue weighted by Crippen LogP contribution is 2.32. The van der Waals surface area contributed by atoms with Gasteiger partial charge < -0.3 is 5.32 Å². The summed E-state index contributed by atoms with van der Waals surface area (Å²) in [5, 5.41) is 1.77. The average molecular weight is 267 g/mol. The van der Waals surface area contributed by atoms with E-state index in [4.69, 9.17) is 0 Å². The number of rotatable bonds is 2. The van der Waals surface area contributed by atoms with Crippen LogP contribution in [0.15, 0.2) is 18.2 Å². The molecular formula is C11H10F5NO. The Bertz CT molecular complexity index is 461. The van der Waals surface area contributed by atoms with Gasteiger partial charge in [0.1, 0.15) is 5.82 Å². The van der Waals surface area contributed by atoms with Crippen LogP contribution in [0.1, 0.15) is 19.4 Å². The molecule has 18 heavy (non-hydrogen) atoms. The molecular weight excluding hydrogens is 257 g/mol. The lowest BCUT2D eigenvalue weighted by molar-refractivity contribution is -0.137. The summed E-state index contributed by atoms with van der Waals surface area (Å²) < 4.78 is 63.5.